The molecule has 0 saturated heterocycles. The Bertz CT molecular complexity index is 1120. The van der Waals surface area contributed by atoms with Crippen LogP contribution in [0.5, 0.6) is 0 Å². The molecule has 1 atom stereocenters. The largest absolute Gasteiger partial charge is 0.593 e. The van der Waals surface area contributed by atoms with Gasteiger partial charge in [-0.2, -0.15) is 9.29 Å². The molecule has 6 nitrogen and oxygen atoms in total. The summed E-state index contributed by atoms with van der Waals surface area (Å²) in [5.74, 6) is 1.31. The van der Waals surface area contributed by atoms with E-state index in [0.717, 1.165) is 29.5 Å². The molecule has 2 heterocycles. The highest BCUT2D eigenvalue weighted by Gasteiger charge is 2.34. The number of carbonyl (C=O) groups is 1. The van der Waals surface area contributed by atoms with Gasteiger partial charge in [-0.15, -0.1) is 6.58 Å². The fourth-order valence-corrected chi connectivity index (χ4v) is 4.50. The van der Waals surface area contributed by atoms with Crippen LogP contribution in [0.3, 0.4) is 0 Å². The highest BCUT2D eigenvalue weighted by molar-refractivity contribution is 7.92. The van der Waals surface area contributed by atoms with Gasteiger partial charge in [0, 0.05) is 18.2 Å². The standard InChI is InChI=1S/C24H27N3O3S/c1-5-6-13-27(31(4)29)22-18(16-11-12-16)14-19-20(23(28)25-3)21(30-24(19)26-22)17-9-7-15(2)8-10-17/h5,7-10,14,16H,1,6,11-13H2,2-4H3,(H,25,28). The lowest BCUT2D eigenvalue weighted by atomic mass is 10.0. The number of hydrogen-bond acceptors (Lipinski definition) is 5. The van der Waals surface area contributed by atoms with Crippen LogP contribution >= 0.6 is 0 Å². The second kappa shape index (κ2) is 8.77. The van der Waals surface area contributed by atoms with Crippen LogP contribution < -0.4 is 9.62 Å². The number of anilines is 1. The summed E-state index contributed by atoms with van der Waals surface area (Å²) in [6.45, 7) is 6.35. The lowest BCUT2D eigenvalue weighted by Crippen LogP contribution is -2.32. The SMILES string of the molecule is C=CCCN(c1nc2oc(-c3ccc(C)cc3)c(C(=O)NC)c2cc1C1CC1)[S+](C)[O-]. The number of aromatic nitrogens is 1. The number of nitrogens with one attached hydrogen (secondary N) is 1. The van der Waals surface area contributed by atoms with E-state index in [-0.39, 0.29) is 5.91 Å². The van der Waals surface area contributed by atoms with Gasteiger partial charge in [-0.1, -0.05) is 35.9 Å². The summed E-state index contributed by atoms with van der Waals surface area (Å²) >= 11 is -1.24. The third kappa shape index (κ3) is 4.20. The van der Waals surface area contributed by atoms with Crippen LogP contribution in [0, 0.1) is 6.92 Å². The van der Waals surface area contributed by atoms with Crippen LogP contribution in [-0.2, 0) is 11.4 Å². The van der Waals surface area contributed by atoms with E-state index in [1.165, 1.54) is 0 Å². The number of furan rings is 1. The summed E-state index contributed by atoms with van der Waals surface area (Å²) in [4.78, 5) is 17.6. The van der Waals surface area contributed by atoms with Crippen molar-refractivity contribution in [2.75, 3.05) is 24.2 Å². The molecule has 3 aromatic rings. The van der Waals surface area contributed by atoms with E-state index in [1.807, 2.05) is 37.3 Å². The zero-order valence-electron chi connectivity index (χ0n) is 18.1. The van der Waals surface area contributed by atoms with Crippen molar-refractivity contribution < 1.29 is 13.8 Å². The number of rotatable bonds is 8. The Hall–Kier alpha value is -2.77. The average molecular weight is 438 g/mol. The fourth-order valence-electron chi connectivity index (χ4n) is 3.75. The van der Waals surface area contributed by atoms with Crippen LogP contribution in [0.15, 0.2) is 47.4 Å². The molecule has 31 heavy (non-hydrogen) atoms. The minimum atomic E-state index is -1.24. The summed E-state index contributed by atoms with van der Waals surface area (Å²) < 4.78 is 20.5. The van der Waals surface area contributed by atoms with Crippen LogP contribution in [0.25, 0.3) is 22.4 Å². The van der Waals surface area contributed by atoms with E-state index in [2.05, 4.69) is 11.9 Å². The Balaban J connectivity index is 1.94. The number of amides is 1. The van der Waals surface area contributed by atoms with Gasteiger partial charge in [0.1, 0.15) is 12.0 Å². The molecule has 1 N–H and O–H groups in total. The minimum Gasteiger partial charge on any atom is -0.593 e. The molecule has 1 aliphatic rings. The molecule has 0 spiro atoms. The highest BCUT2D eigenvalue weighted by atomic mass is 32.2. The average Bonchev–Trinajstić information content (AvgIpc) is 3.54. The van der Waals surface area contributed by atoms with E-state index in [4.69, 9.17) is 9.40 Å². The quantitative estimate of drug-likeness (QED) is 0.407. The molecule has 1 aliphatic carbocycles. The molecule has 7 heteroatoms. The molecular formula is C24H27N3O3S. The minimum absolute atomic E-state index is 0.215. The summed E-state index contributed by atoms with van der Waals surface area (Å²) in [7, 11) is 1.61. The van der Waals surface area contributed by atoms with Gasteiger partial charge in [-0.05, 0) is 38.2 Å². The van der Waals surface area contributed by atoms with Crippen molar-refractivity contribution in [3.63, 3.8) is 0 Å². The van der Waals surface area contributed by atoms with Gasteiger partial charge in [-0.25, -0.2) is 0 Å². The van der Waals surface area contributed by atoms with Crippen molar-refractivity contribution in [1.29, 1.82) is 0 Å². The zero-order valence-corrected chi connectivity index (χ0v) is 18.9. The van der Waals surface area contributed by atoms with Gasteiger partial charge in [0.05, 0.1) is 28.9 Å². The van der Waals surface area contributed by atoms with Crippen molar-refractivity contribution in [1.82, 2.24) is 10.3 Å². The summed E-state index contributed by atoms with van der Waals surface area (Å²) in [6, 6.07) is 9.87. The predicted octanol–water partition coefficient (Wildman–Crippen LogP) is 4.72. The maximum absolute atomic E-state index is 12.8. The molecule has 0 radical (unpaired) electrons. The van der Waals surface area contributed by atoms with Crippen LogP contribution in [-0.4, -0.2) is 35.3 Å². The topological polar surface area (TPSA) is 81.4 Å². The van der Waals surface area contributed by atoms with Gasteiger partial charge in [0.25, 0.3) is 5.91 Å². The lowest BCUT2D eigenvalue weighted by molar-refractivity contribution is 0.0964. The van der Waals surface area contributed by atoms with E-state index < -0.39 is 11.4 Å². The van der Waals surface area contributed by atoms with E-state index in [9.17, 15) is 9.35 Å². The first-order chi connectivity index (χ1) is 14.9. The van der Waals surface area contributed by atoms with E-state index >= 15 is 0 Å². The first kappa shape index (κ1) is 21.5. The Kier molecular flexibility index (Phi) is 6.07. The zero-order chi connectivity index (χ0) is 22.1. The van der Waals surface area contributed by atoms with Gasteiger partial charge < -0.3 is 14.3 Å². The number of aryl methyl sites for hydroxylation is 1. The molecule has 1 fully saturated rings. The third-order valence-electron chi connectivity index (χ3n) is 5.56. The number of fused-ring (bicyclic) bond motifs is 1. The second-order valence-corrected chi connectivity index (χ2v) is 9.17. The molecule has 162 valence electrons. The molecule has 1 unspecified atom stereocenters. The molecule has 4 rings (SSSR count). The molecule has 0 aliphatic heterocycles. The van der Waals surface area contributed by atoms with Crippen molar-refractivity contribution in [3.8, 4) is 11.3 Å². The number of carbonyl (C=O) groups excluding carboxylic acids is 1. The second-order valence-electron chi connectivity index (χ2n) is 7.88. The van der Waals surface area contributed by atoms with Gasteiger partial charge in [-0.3, -0.25) is 4.79 Å². The third-order valence-corrected chi connectivity index (χ3v) is 6.54. The highest BCUT2D eigenvalue weighted by Crippen LogP contribution is 2.46. The van der Waals surface area contributed by atoms with Crippen LogP contribution in [0.1, 0.15) is 46.7 Å². The van der Waals surface area contributed by atoms with Crippen LogP contribution in [0.4, 0.5) is 5.82 Å². The van der Waals surface area contributed by atoms with Gasteiger partial charge >= 0.3 is 0 Å². The monoisotopic (exact) mass is 437 g/mol. The van der Waals surface area contributed by atoms with Crippen LogP contribution in [0.2, 0.25) is 0 Å². The Labute approximate surface area is 185 Å². The fraction of sp³-hybridized carbons (Fsp3) is 0.333. The summed E-state index contributed by atoms with van der Waals surface area (Å²) in [6.07, 6.45) is 6.27. The van der Waals surface area contributed by atoms with Crippen molar-refractivity contribution in [3.05, 3.63) is 59.7 Å². The van der Waals surface area contributed by atoms with Gasteiger partial charge in [0.15, 0.2) is 5.82 Å². The normalized spacial score (nSPS) is 14.5. The van der Waals surface area contributed by atoms with Crippen molar-refractivity contribution >= 4 is 34.2 Å². The lowest BCUT2D eigenvalue weighted by Gasteiger charge is -2.24. The smallest absolute Gasteiger partial charge is 0.255 e. The molecule has 1 saturated carbocycles. The number of pyridine rings is 1. The maximum atomic E-state index is 12.8. The molecule has 2 aromatic heterocycles. The van der Waals surface area contributed by atoms with Crippen molar-refractivity contribution in [2.24, 2.45) is 0 Å². The number of hydrogen-bond donors (Lipinski definition) is 1. The Morgan fingerprint density at radius 3 is 2.68 bits per heavy atom. The molecule has 1 amide bonds. The maximum Gasteiger partial charge on any atom is 0.255 e. The number of benzene rings is 1. The summed E-state index contributed by atoms with van der Waals surface area (Å²) in [5.41, 5.74) is 3.83. The predicted molar refractivity (Wildman–Crippen MR) is 126 cm³/mol. The molecular weight excluding hydrogens is 410 g/mol. The first-order valence-electron chi connectivity index (χ1n) is 10.4. The Morgan fingerprint density at radius 1 is 1.39 bits per heavy atom. The van der Waals surface area contributed by atoms with E-state index in [1.54, 1.807) is 23.7 Å². The van der Waals surface area contributed by atoms with E-state index in [0.29, 0.717) is 47.1 Å². The first-order valence-corrected chi connectivity index (χ1v) is 11.9. The molecule has 0 bridgehead atoms. The number of nitrogens with zero attached hydrogens (tertiary/aromatic N) is 2. The summed E-state index contributed by atoms with van der Waals surface area (Å²) in [5, 5.41) is 3.42. The molecule has 1 aromatic carbocycles. The Morgan fingerprint density at radius 2 is 2.10 bits per heavy atom. The van der Waals surface area contributed by atoms with Gasteiger partial charge in [0.2, 0.25) is 5.71 Å². The van der Waals surface area contributed by atoms with Crippen molar-refractivity contribution in [2.45, 2.75) is 32.1 Å².